The second kappa shape index (κ2) is 9.00. The van der Waals surface area contributed by atoms with Crippen molar-refractivity contribution in [3.05, 3.63) is 71.3 Å². The number of benzene rings is 2. The molecule has 0 radical (unpaired) electrons. The summed E-state index contributed by atoms with van der Waals surface area (Å²) in [5.41, 5.74) is 2.73. The van der Waals surface area contributed by atoms with Crippen molar-refractivity contribution in [2.45, 2.75) is 57.1 Å². The molecule has 1 atom stereocenters. The second-order valence-corrected chi connectivity index (χ2v) is 9.79. The van der Waals surface area contributed by atoms with Gasteiger partial charge in [0.15, 0.2) is 0 Å². The number of amides is 2. The highest BCUT2D eigenvalue weighted by molar-refractivity contribution is 6.06. The normalized spacial score (nSPS) is 23.1. The Kier molecular flexibility index (Phi) is 5.92. The lowest BCUT2D eigenvalue weighted by Gasteiger charge is -2.32. The molecule has 1 saturated carbocycles. The third-order valence-electron chi connectivity index (χ3n) is 6.99. The molecular formula is C27H31N3O3. The van der Waals surface area contributed by atoms with Crippen molar-refractivity contribution in [3.63, 3.8) is 0 Å². The summed E-state index contributed by atoms with van der Waals surface area (Å²) in [6.45, 7) is 3.38. The van der Waals surface area contributed by atoms with Crippen LogP contribution in [0, 0.1) is 5.92 Å². The lowest BCUT2D eigenvalue weighted by molar-refractivity contribution is -0.141. The molecule has 0 aromatic heterocycles. The van der Waals surface area contributed by atoms with Gasteiger partial charge in [-0.05, 0) is 68.2 Å². The largest absolute Gasteiger partial charge is 0.379 e. The van der Waals surface area contributed by atoms with E-state index < -0.39 is 5.60 Å². The lowest BCUT2D eigenvalue weighted by atomic mass is 9.90. The van der Waals surface area contributed by atoms with E-state index in [0.29, 0.717) is 17.9 Å². The minimum absolute atomic E-state index is 0.0815. The molecule has 2 fully saturated rings. The molecule has 1 aliphatic carbocycles. The summed E-state index contributed by atoms with van der Waals surface area (Å²) in [5, 5.41) is 7.17. The highest BCUT2D eigenvalue weighted by atomic mass is 16.7. The zero-order valence-electron chi connectivity index (χ0n) is 19.1. The number of piperidine rings is 1. The molecule has 0 spiro atoms. The maximum Gasteiger partial charge on any atom is 0.267 e. The van der Waals surface area contributed by atoms with Gasteiger partial charge in [-0.2, -0.15) is 0 Å². The monoisotopic (exact) mass is 445 g/mol. The second-order valence-electron chi connectivity index (χ2n) is 9.79. The number of likely N-dealkylation sites (tertiary alicyclic amines) is 1. The molecule has 6 nitrogen and oxygen atoms in total. The first kappa shape index (κ1) is 21.7. The Hall–Kier alpha value is -3.15. The van der Waals surface area contributed by atoms with E-state index in [9.17, 15) is 9.59 Å². The summed E-state index contributed by atoms with van der Waals surface area (Å²) in [6, 6.07) is 18.4. The zero-order chi connectivity index (χ0) is 22.8. The quantitative estimate of drug-likeness (QED) is 0.732. The Labute approximate surface area is 195 Å². The van der Waals surface area contributed by atoms with Gasteiger partial charge >= 0.3 is 0 Å². The molecule has 2 aromatic carbocycles. The molecule has 2 aliphatic heterocycles. The molecular weight excluding hydrogens is 414 g/mol. The van der Waals surface area contributed by atoms with Crippen LogP contribution in [0.5, 0.6) is 0 Å². The Bertz CT molecular complexity index is 1040. The molecule has 2 heterocycles. The van der Waals surface area contributed by atoms with Gasteiger partial charge in [-0.1, -0.05) is 47.6 Å². The first-order chi connectivity index (χ1) is 16.0. The average molecular weight is 446 g/mol. The number of rotatable bonds is 6. The number of nitrogens with zero attached hydrogens (tertiary/aromatic N) is 2. The van der Waals surface area contributed by atoms with Gasteiger partial charge in [0, 0.05) is 31.1 Å². The van der Waals surface area contributed by atoms with Crippen LogP contribution >= 0.6 is 0 Å². The van der Waals surface area contributed by atoms with Crippen molar-refractivity contribution in [3.8, 4) is 0 Å². The predicted octanol–water partition coefficient (Wildman–Crippen LogP) is 3.94. The van der Waals surface area contributed by atoms with Crippen LogP contribution in [0.2, 0.25) is 0 Å². The number of carbonyl (C=O) groups is 2. The summed E-state index contributed by atoms with van der Waals surface area (Å²) in [4.78, 5) is 33.0. The van der Waals surface area contributed by atoms with Crippen LogP contribution in [0.1, 0.15) is 60.5 Å². The number of hydrogen-bond donors (Lipinski definition) is 1. The van der Waals surface area contributed by atoms with Crippen LogP contribution in [-0.4, -0.2) is 47.2 Å². The molecule has 6 heteroatoms. The molecule has 1 saturated heterocycles. The maximum atomic E-state index is 13.0. The lowest BCUT2D eigenvalue weighted by Crippen LogP contribution is -2.45. The number of carbonyl (C=O) groups excluding carboxylic acids is 2. The molecule has 2 amide bonds. The minimum atomic E-state index is -0.962. The first-order valence-corrected chi connectivity index (χ1v) is 12.0. The summed E-state index contributed by atoms with van der Waals surface area (Å²) in [7, 11) is 0. The third kappa shape index (κ3) is 4.95. The maximum absolute atomic E-state index is 13.0. The summed E-state index contributed by atoms with van der Waals surface area (Å²) < 4.78 is 0. The summed E-state index contributed by atoms with van der Waals surface area (Å²) in [6.07, 6.45) is 5.65. The molecule has 33 heavy (non-hydrogen) atoms. The van der Waals surface area contributed by atoms with Gasteiger partial charge in [0.1, 0.15) is 0 Å². The molecule has 2 aromatic rings. The van der Waals surface area contributed by atoms with Crippen molar-refractivity contribution >= 4 is 17.5 Å². The Balaban J connectivity index is 1.15. The SMILES string of the molecule is CC1(C(=O)NC2CC2)CC(c2ccc(C(=O)N3CCC(Cc4ccccc4)CC3)cc2)=NO1. The highest BCUT2D eigenvalue weighted by Gasteiger charge is 2.44. The molecule has 172 valence electrons. The van der Waals surface area contributed by atoms with Gasteiger partial charge in [0.05, 0.1) is 5.71 Å². The number of oxime groups is 1. The van der Waals surface area contributed by atoms with Gasteiger partial charge in [-0.25, -0.2) is 0 Å². The van der Waals surface area contributed by atoms with Crippen molar-refractivity contribution in [2.75, 3.05) is 13.1 Å². The van der Waals surface area contributed by atoms with Crippen LogP contribution in [0.25, 0.3) is 0 Å². The highest BCUT2D eigenvalue weighted by Crippen LogP contribution is 2.29. The fourth-order valence-electron chi connectivity index (χ4n) is 4.66. The Morgan fingerprint density at radius 3 is 2.39 bits per heavy atom. The summed E-state index contributed by atoms with van der Waals surface area (Å²) in [5.74, 6) is 0.606. The minimum Gasteiger partial charge on any atom is -0.379 e. The molecule has 3 aliphatic rings. The van der Waals surface area contributed by atoms with E-state index in [4.69, 9.17) is 4.84 Å². The molecule has 1 N–H and O–H groups in total. The summed E-state index contributed by atoms with van der Waals surface area (Å²) >= 11 is 0. The van der Waals surface area contributed by atoms with E-state index in [2.05, 4.69) is 34.7 Å². The fraction of sp³-hybridized carbons (Fsp3) is 0.444. The van der Waals surface area contributed by atoms with E-state index in [1.165, 1.54) is 5.56 Å². The van der Waals surface area contributed by atoms with E-state index in [0.717, 1.165) is 56.5 Å². The Morgan fingerprint density at radius 2 is 1.73 bits per heavy atom. The zero-order valence-corrected chi connectivity index (χ0v) is 19.1. The van der Waals surface area contributed by atoms with Crippen LogP contribution in [-0.2, 0) is 16.1 Å². The van der Waals surface area contributed by atoms with E-state index in [1.54, 1.807) is 6.92 Å². The van der Waals surface area contributed by atoms with Crippen LogP contribution in [0.15, 0.2) is 59.8 Å². The van der Waals surface area contributed by atoms with E-state index in [-0.39, 0.29) is 17.9 Å². The third-order valence-corrected chi connectivity index (χ3v) is 6.99. The van der Waals surface area contributed by atoms with Crippen molar-refractivity contribution < 1.29 is 14.4 Å². The predicted molar refractivity (Wildman–Crippen MR) is 127 cm³/mol. The molecule has 5 rings (SSSR count). The van der Waals surface area contributed by atoms with Gasteiger partial charge < -0.3 is 15.1 Å². The Morgan fingerprint density at radius 1 is 1.03 bits per heavy atom. The molecule has 0 bridgehead atoms. The topological polar surface area (TPSA) is 71.0 Å². The van der Waals surface area contributed by atoms with Gasteiger partial charge in [-0.3, -0.25) is 9.59 Å². The van der Waals surface area contributed by atoms with E-state index in [1.807, 2.05) is 35.2 Å². The fourth-order valence-corrected chi connectivity index (χ4v) is 4.66. The van der Waals surface area contributed by atoms with Crippen molar-refractivity contribution in [2.24, 2.45) is 11.1 Å². The standard InChI is InChI=1S/C27H31N3O3/c1-27(26(32)28-23-11-12-23)18-24(29-33-27)21-7-9-22(10-8-21)25(31)30-15-13-20(14-16-30)17-19-5-3-2-4-6-19/h2-10,20,23H,11-18H2,1H3,(H,28,32). The van der Waals surface area contributed by atoms with Crippen molar-refractivity contribution in [1.82, 2.24) is 10.2 Å². The number of hydrogen-bond acceptors (Lipinski definition) is 4. The van der Waals surface area contributed by atoms with Gasteiger partial charge in [-0.15, -0.1) is 0 Å². The molecule has 1 unspecified atom stereocenters. The number of nitrogens with one attached hydrogen (secondary N) is 1. The van der Waals surface area contributed by atoms with Crippen LogP contribution < -0.4 is 5.32 Å². The van der Waals surface area contributed by atoms with Gasteiger partial charge in [0.25, 0.3) is 11.8 Å². The van der Waals surface area contributed by atoms with Gasteiger partial charge in [0.2, 0.25) is 5.60 Å². The van der Waals surface area contributed by atoms with Crippen LogP contribution in [0.3, 0.4) is 0 Å². The van der Waals surface area contributed by atoms with Crippen LogP contribution in [0.4, 0.5) is 0 Å². The van der Waals surface area contributed by atoms with E-state index >= 15 is 0 Å². The average Bonchev–Trinajstić information content (AvgIpc) is 3.57. The first-order valence-electron chi connectivity index (χ1n) is 12.0. The smallest absolute Gasteiger partial charge is 0.267 e. The van der Waals surface area contributed by atoms with Crippen molar-refractivity contribution in [1.29, 1.82) is 0 Å².